The third-order valence-corrected chi connectivity index (χ3v) is 4.51. The molecule has 1 aliphatic rings. The molecule has 10 heteroatoms. The van der Waals surface area contributed by atoms with E-state index < -0.39 is 16.9 Å². The van der Waals surface area contributed by atoms with Crippen molar-refractivity contribution < 1.29 is 14.5 Å². The summed E-state index contributed by atoms with van der Waals surface area (Å²) in [4.78, 5) is 39.1. The van der Waals surface area contributed by atoms with Crippen LogP contribution >= 0.6 is 0 Å². The molecule has 0 saturated carbocycles. The maximum absolute atomic E-state index is 12.4. The number of non-ortho nitro benzene ring substituents is 1. The van der Waals surface area contributed by atoms with Gasteiger partial charge in [-0.05, 0) is 19.1 Å². The average molecular weight is 392 g/mol. The molecule has 0 saturated heterocycles. The normalized spacial score (nSPS) is 14.9. The van der Waals surface area contributed by atoms with Gasteiger partial charge in [0.25, 0.3) is 11.6 Å². The van der Waals surface area contributed by atoms with Crippen LogP contribution < -0.4 is 10.6 Å². The van der Waals surface area contributed by atoms with Gasteiger partial charge in [0.2, 0.25) is 11.9 Å². The van der Waals surface area contributed by atoms with Gasteiger partial charge >= 0.3 is 0 Å². The van der Waals surface area contributed by atoms with E-state index in [0.717, 1.165) is 11.1 Å². The number of carbonyl (C=O) groups excluding carboxylic acids is 2. The van der Waals surface area contributed by atoms with Gasteiger partial charge in [0.05, 0.1) is 11.3 Å². The number of hydrogen-bond acceptors (Lipinski definition) is 6. The fourth-order valence-electron chi connectivity index (χ4n) is 2.99. The highest BCUT2D eigenvalue weighted by Gasteiger charge is 2.35. The van der Waals surface area contributed by atoms with E-state index in [2.05, 4.69) is 20.7 Å². The number of hydrogen-bond donors (Lipinski definition) is 2. The lowest BCUT2D eigenvalue weighted by atomic mass is 10.1. The quantitative estimate of drug-likeness (QED) is 0.507. The number of aryl methyl sites for hydroxylation is 1. The highest BCUT2D eigenvalue weighted by molar-refractivity contribution is 6.01. The zero-order valence-corrected chi connectivity index (χ0v) is 15.3. The van der Waals surface area contributed by atoms with E-state index >= 15 is 0 Å². The second kappa shape index (κ2) is 7.15. The molecule has 1 aliphatic heterocycles. The van der Waals surface area contributed by atoms with Gasteiger partial charge in [-0.1, -0.05) is 29.8 Å². The topological polar surface area (TPSA) is 132 Å². The fourth-order valence-corrected chi connectivity index (χ4v) is 2.99. The minimum atomic E-state index is -0.824. The first-order valence-corrected chi connectivity index (χ1v) is 8.79. The van der Waals surface area contributed by atoms with Crippen LogP contribution in [0.5, 0.6) is 0 Å². The van der Waals surface area contributed by atoms with Gasteiger partial charge in [-0.3, -0.25) is 25.0 Å². The van der Waals surface area contributed by atoms with Crippen LogP contribution in [0.2, 0.25) is 0 Å². The highest BCUT2D eigenvalue weighted by atomic mass is 16.6. The molecule has 0 radical (unpaired) electrons. The molecule has 4 rings (SSSR count). The average Bonchev–Trinajstić information content (AvgIpc) is 3.21. The van der Waals surface area contributed by atoms with Gasteiger partial charge in [-0.2, -0.15) is 4.98 Å². The molecule has 0 bridgehead atoms. The van der Waals surface area contributed by atoms with E-state index in [4.69, 9.17) is 0 Å². The van der Waals surface area contributed by atoms with Crippen LogP contribution in [-0.2, 0) is 9.59 Å². The lowest BCUT2D eigenvalue weighted by Crippen LogP contribution is -2.23. The number of nitro groups is 1. The molecule has 2 aromatic carbocycles. The predicted octanol–water partition coefficient (Wildman–Crippen LogP) is 2.68. The van der Waals surface area contributed by atoms with Gasteiger partial charge in [-0.25, -0.2) is 4.68 Å². The summed E-state index contributed by atoms with van der Waals surface area (Å²) in [6.07, 6.45) is -0.146. The summed E-state index contributed by atoms with van der Waals surface area (Å²) in [5, 5.41) is 20.3. The van der Waals surface area contributed by atoms with Crippen molar-refractivity contribution in [3.05, 3.63) is 64.2 Å². The van der Waals surface area contributed by atoms with Crippen LogP contribution in [0.4, 0.5) is 17.3 Å². The summed E-state index contributed by atoms with van der Waals surface area (Å²) in [5.41, 5.74) is 2.24. The van der Waals surface area contributed by atoms with Crippen molar-refractivity contribution in [2.24, 2.45) is 0 Å². The third-order valence-electron chi connectivity index (χ3n) is 4.51. The molecule has 2 heterocycles. The molecule has 1 atom stereocenters. The standard InChI is InChI=1S/C19H16N6O4/c1-11-2-4-12(5-3-11)17-21-19-22-18(27)15(24(19)23-17)10-16(26)20-13-6-8-14(9-7-13)25(28)29/h2-9,15H,10H2,1H3,(H,20,26)(H,21,22,23,27)/t15-/m0/s1. The molecule has 10 nitrogen and oxygen atoms in total. The van der Waals surface area contributed by atoms with E-state index in [1.54, 1.807) is 0 Å². The Kier molecular flexibility index (Phi) is 4.51. The van der Waals surface area contributed by atoms with Crippen molar-refractivity contribution >= 4 is 29.1 Å². The fraction of sp³-hybridized carbons (Fsp3) is 0.158. The first kappa shape index (κ1) is 18.3. The van der Waals surface area contributed by atoms with Gasteiger partial charge in [-0.15, -0.1) is 5.10 Å². The van der Waals surface area contributed by atoms with Gasteiger partial charge < -0.3 is 5.32 Å². The molecule has 3 aromatic rings. The first-order chi connectivity index (χ1) is 13.9. The van der Waals surface area contributed by atoms with Crippen LogP contribution in [0, 0.1) is 17.0 Å². The summed E-state index contributed by atoms with van der Waals surface area (Å²) in [6, 6.07) is 12.3. The Bertz CT molecular complexity index is 1100. The minimum absolute atomic E-state index is 0.0749. The van der Waals surface area contributed by atoms with Gasteiger partial charge in [0.15, 0.2) is 5.82 Å². The number of amides is 2. The van der Waals surface area contributed by atoms with Crippen LogP contribution in [-0.4, -0.2) is 31.5 Å². The van der Waals surface area contributed by atoms with Gasteiger partial charge in [0, 0.05) is 23.4 Å². The highest BCUT2D eigenvalue weighted by Crippen LogP contribution is 2.28. The number of aromatic nitrogens is 3. The number of fused-ring (bicyclic) bond motifs is 1. The Labute approximate surface area is 164 Å². The van der Waals surface area contributed by atoms with Crippen LogP contribution in [0.25, 0.3) is 11.4 Å². The molecule has 0 fully saturated rings. The largest absolute Gasteiger partial charge is 0.326 e. The second-order valence-electron chi connectivity index (χ2n) is 6.63. The summed E-state index contributed by atoms with van der Waals surface area (Å²) in [7, 11) is 0. The number of rotatable bonds is 5. The summed E-state index contributed by atoms with van der Waals surface area (Å²) < 4.78 is 1.41. The Balaban J connectivity index is 1.48. The SMILES string of the molecule is Cc1ccc(-c2nc3n(n2)[C@@H](CC(=O)Nc2ccc([N+](=O)[O-])cc2)C(=O)N3)cc1. The Hall–Kier alpha value is -4.08. The van der Waals surface area contributed by atoms with E-state index in [1.165, 1.54) is 28.9 Å². The number of nitrogens with one attached hydrogen (secondary N) is 2. The van der Waals surface area contributed by atoms with Crippen molar-refractivity contribution in [2.45, 2.75) is 19.4 Å². The Morgan fingerprint density at radius 2 is 1.90 bits per heavy atom. The van der Waals surface area contributed by atoms with Crippen LogP contribution in [0.3, 0.4) is 0 Å². The maximum Gasteiger partial charge on any atom is 0.269 e. The molecule has 0 unspecified atom stereocenters. The summed E-state index contributed by atoms with van der Waals surface area (Å²) >= 11 is 0. The number of carbonyl (C=O) groups is 2. The molecular weight excluding hydrogens is 376 g/mol. The van der Waals surface area contributed by atoms with Gasteiger partial charge in [0.1, 0.15) is 6.04 Å². The van der Waals surface area contributed by atoms with E-state index in [9.17, 15) is 19.7 Å². The van der Waals surface area contributed by atoms with E-state index in [1.807, 2.05) is 31.2 Å². The zero-order chi connectivity index (χ0) is 20.5. The lowest BCUT2D eigenvalue weighted by molar-refractivity contribution is -0.384. The third kappa shape index (κ3) is 3.68. The molecule has 0 aliphatic carbocycles. The summed E-state index contributed by atoms with van der Waals surface area (Å²) in [5.74, 6) is -0.0342. The molecule has 29 heavy (non-hydrogen) atoms. The van der Waals surface area contributed by atoms with Crippen molar-refractivity contribution in [1.82, 2.24) is 14.8 Å². The van der Waals surface area contributed by atoms with Crippen molar-refractivity contribution in [2.75, 3.05) is 10.6 Å². The smallest absolute Gasteiger partial charge is 0.269 e. The number of anilines is 2. The summed E-state index contributed by atoms with van der Waals surface area (Å²) in [6.45, 7) is 1.98. The molecule has 0 spiro atoms. The van der Waals surface area contributed by atoms with Crippen molar-refractivity contribution in [3.63, 3.8) is 0 Å². The molecule has 2 amide bonds. The monoisotopic (exact) mass is 392 g/mol. The number of benzene rings is 2. The lowest BCUT2D eigenvalue weighted by Gasteiger charge is -2.09. The second-order valence-corrected chi connectivity index (χ2v) is 6.63. The molecule has 146 valence electrons. The van der Waals surface area contributed by atoms with E-state index in [-0.39, 0.29) is 18.0 Å². The van der Waals surface area contributed by atoms with E-state index in [0.29, 0.717) is 17.5 Å². The minimum Gasteiger partial charge on any atom is -0.326 e. The molecule has 1 aromatic heterocycles. The van der Waals surface area contributed by atoms with Crippen molar-refractivity contribution in [1.29, 1.82) is 0 Å². The molecular formula is C19H16N6O4. The number of nitrogens with zero attached hydrogens (tertiary/aromatic N) is 4. The predicted molar refractivity (Wildman–Crippen MR) is 104 cm³/mol. The number of nitro benzene ring substituents is 1. The van der Waals surface area contributed by atoms with Crippen LogP contribution in [0.1, 0.15) is 18.0 Å². The van der Waals surface area contributed by atoms with Crippen molar-refractivity contribution in [3.8, 4) is 11.4 Å². The Morgan fingerprint density at radius 1 is 1.21 bits per heavy atom. The Morgan fingerprint density at radius 3 is 2.55 bits per heavy atom. The molecule has 2 N–H and O–H groups in total. The maximum atomic E-state index is 12.4. The van der Waals surface area contributed by atoms with Crippen LogP contribution in [0.15, 0.2) is 48.5 Å². The first-order valence-electron chi connectivity index (χ1n) is 8.79. The zero-order valence-electron chi connectivity index (χ0n) is 15.3.